The Bertz CT molecular complexity index is 1530. The lowest BCUT2D eigenvalue weighted by Gasteiger charge is -2.20. The van der Waals surface area contributed by atoms with Crippen molar-refractivity contribution in [2.75, 3.05) is 0 Å². The zero-order chi connectivity index (χ0) is 27.7. The second kappa shape index (κ2) is 10.3. The van der Waals surface area contributed by atoms with Gasteiger partial charge in [0.15, 0.2) is 0 Å². The van der Waals surface area contributed by atoms with Gasteiger partial charge in [0.05, 0.1) is 0 Å². The fraction of sp³-hybridized carbons (Fsp3) is 0.125. The summed E-state index contributed by atoms with van der Waals surface area (Å²) in [5.74, 6) is -1.18. The van der Waals surface area contributed by atoms with Crippen molar-refractivity contribution in [1.29, 1.82) is 0 Å². The maximum atomic E-state index is 12.3. The van der Waals surface area contributed by atoms with Gasteiger partial charge in [-0.2, -0.15) is 0 Å². The summed E-state index contributed by atoms with van der Waals surface area (Å²) in [5.41, 5.74) is 22.3. The average molecular weight is 503 g/mol. The Morgan fingerprint density at radius 2 is 0.974 bits per heavy atom. The van der Waals surface area contributed by atoms with Crippen molar-refractivity contribution in [1.82, 2.24) is 9.97 Å². The number of aromatic nitrogens is 2. The molecule has 0 bridgehead atoms. The normalized spacial score (nSPS) is 10.7. The molecule has 0 radical (unpaired) electrons. The van der Waals surface area contributed by atoms with Gasteiger partial charge in [-0.15, -0.1) is 0 Å². The Hall–Kier alpha value is -4.84. The summed E-state index contributed by atoms with van der Waals surface area (Å²) >= 11 is 0. The minimum absolute atomic E-state index is 0.216. The first-order valence-electron chi connectivity index (χ1n) is 12.2. The Balaban J connectivity index is 2.01. The van der Waals surface area contributed by atoms with E-state index in [1.54, 1.807) is 24.5 Å². The van der Waals surface area contributed by atoms with Crippen molar-refractivity contribution >= 4 is 24.0 Å². The third-order valence-corrected chi connectivity index (χ3v) is 7.16. The third kappa shape index (κ3) is 4.30. The number of hydrogen-bond acceptors (Lipinski definition) is 4. The van der Waals surface area contributed by atoms with E-state index in [-0.39, 0.29) is 11.4 Å². The summed E-state index contributed by atoms with van der Waals surface area (Å²) in [5, 5.41) is 0. The number of primary amides is 2. The van der Waals surface area contributed by atoms with Gasteiger partial charge in [-0.3, -0.25) is 9.59 Å². The molecule has 0 aliphatic heterocycles. The van der Waals surface area contributed by atoms with E-state index < -0.39 is 11.8 Å². The molecule has 0 aliphatic carbocycles. The Morgan fingerprint density at radius 3 is 1.29 bits per heavy atom. The number of pyridine rings is 2. The van der Waals surface area contributed by atoms with Crippen molar-refractivity contribution in [2.45, 2.75) is 27.7 Å². The Labute approximate surface area is 222 Å². The highest BCUT2D eigenvalue weighted by Gasteiger charge is 2.22. The monoisotopic (exact) mass is 502 g/mol. The highest BCUT2D eigenvalue weighted by Crippen LogP contribution is 2.40. The maximum Gasteiger partial charge on any atom is 0.267 e. The van der Waals surface area contributed by atoms with Gasteiger partial charge in [0.25, 0.3) is 11.8 Å². The lowest BCUT2D eigenvalue weighted by atomic mass is 9.85. The van der Waals surface area contributed by atoms with Gasteiger partial charge in [0, 0.05) is 23.5 Å². The lowest BCUT2D eigenvalue weighted by Crippen LogP contribution is -2.16. The Kier molecular flexibility index (Phi) is 7.08. The summed E-state index contributed by atoms with van der Waals surface area (Å²) < 4.78 is 0. The van der Waals surface area contributed by atoms with Crippen LogP contribution in [0.1, 0.15) is 54.4 Å². The SMILES string of the molecule is C=Cc1cnc(C(N)=O)c(-c2cccc(-c3cccc(-c4c(C(N)=O)ncc(C=C)c4C)c3C)c2C)c1C. The molecular weight excluding hydrogens is 472 g/mol. The molecule has 6 heteroatoms. The molecule has 38 heavy (non-hydrogen) atoms. The maximum absolute atomic E-state index is 12.3. The van der Waals surface area contributed by atoms with E-state index in [0.717, 1.165) is 55.6 Å². The lowest BCUT2D eigenvalue weighted by molar-refractivity contribution is 0.0988. The molecule has 2 aromatic carbocycles. The van der Waals surface area contributed by atoms with Gasteiger partial charge in [-0.25, -0.2) is 9.97 Å². The van der Waals surface area contributed by atoms with Crippen LogP contribution in [0.25, 0.3) is 45.5 Å². The molecule has 4 rings (SSSR count). The van der Waals surface area contributed by atoms with Gasteiger partial charge < -0.3 is 11.5 Å². The van der Waals surface area contributed by atoms with Crippen LogP contribution in [0, 0.1) is 27.7 Å². The van der Waals surface area contributed by atoms with Crippen LogP contribution in [0.15, 0.2) is 61.9 Å². The molecule has 0 atom stereocenters. The minimum Gasteiger partial charge on any atom is -0.364 e. The van der Waals surface area contributed by atoms with Gasteiger partial charge in [0.1, 0.15) is 11.4 Å². The summed E-state index contributed by atoms with van der Waals surface area (Å²) in [6.07, 6.45) is 6.66. The summed E-state index contributed by atoms with van der Waals surface area (Å²) in [4.78, 5) is 33.3. The molecule has 4 N–H and O–H groups in total. The van der Waals surface area contributed by atoms with E-state index in [0.29, 0.717) is 11.1 Å². The van der Waals surface area contributed by atoms with E-state index in [4.69, 9.17) is 11.5 Å². The molecule has 0 saturated carbocycles. The molecule has 6 nitrogen and oxygen atoms in total. The number of nitrogens with two attached hydrogens (primary N) is 2. The number of rotatable bonds is 7. The van der Waals surface area contributed by atoms with E-state index >= 15 is 0 Å². The van der Waals surface area contributed by atoms with Crippen LogP contribution < -0.4 is 11.5 Å². The van der Waals surface area contributed by atoms with Crippen LogP contribution in [0.5, 0.6) is 0 Å². The van der Waals surface area contributed by atoms with Gasteiger partial charge in [-0.05, 0) is 83.3 Å². The summed E-state index contributed by atoms with van der Waals surface area (Å²) in [6, 6.07) is 11.9. The van der Waals surface area contributed by atoms with Crippen molar-refractivity contribution in [2.24, 2.45) is 11.5 Å². The van der Waals surface area contributed by atoms with E-state index in [1.807, 2.05) is 64.1 Å². The number of benzene rings is 2. The first-order valence-corrected chi connectivity index (χ1v) is 12.2. The average Bonchev–Trinajstić information content (AvgIpc) is 2.89. The smallest absolute Gasteiger partial charge is 0.267 e. The van der Waals surface area contributed by atoms with E-state index in [1.165, 1.54) is 0 Å². The molecule has 2 amide bonds. The number of hydrogen-bond donors (Lipinski definition) is 2. The molecular formula is C32H30N4O2. The van der Waals surface area contributed by atoms with Crippen LogP contribution in [0.2, 0.25) is 0 Å². The van der Waals surface area contributed by atoms with Gasteiger partial charge in [0.2, 0.25) is 0 Å². The molecule has 0 saturated heterocycles. The fourth-order valence-electron chi connectivity index (χ4n) is 5.08. The predicted octanol–water partition coefficient (Wildman–Crippen LogP) is 6.20. The number of carbonyl (C=O) groups is 2. The Morgan fingerprint density at radius 1 is 0.632 bits per heavy atom. The van der Waals surface area contributed by atoms with Crippen LogP contribution in [0.3, 0.4) is 0 Å². The van der Waals surface area contributed by atoms with Crippen LogP contribution in [0.4, 0.5) is 0 Å². The number of amides is 2. The van der Waals surface area contributed by atoms with Gasteiger partial charge in [-0.1, -0.05) is 61.7 Å². The minimum atomic E-state index is -0.592. The van der Waals surface area contributed by atoms with E-state index in [9.17, 15) is 9.59 Å². The topological polar surface area (TPSA) is 112 Å². The molecule has 0 spiro atoms. The summed E-state index contributed by atoms with van der Waals surface area (Å²) in [6.45, 7) is 15.7. The predicted molar refractivity (Wildman–Crippen MR) is 155 cm³/mol. The van der Waals surface area contributed by atoms with Gasteiger partial charge >= 0.3 is 0 Å². The van der Waals surface area contributed by atoms with E-state index in [2.05, 4.69) is 23.1 Å². The van der Waals surface area contributed by atoms with Crippen molar-refractivity contribution in [3.63, 3.8) is 0 Å². The van der Waals surface area contributed by atoms with Crippen LogP contribution in [-0.2, 0) is 0 Å². The standard InChI is InChI=1S/C32H30N4O2/c1-7-21-15-35-29(31(33)37)27(17(21)3)25-13-9-11-23(19(25)5)24-12-10-14-26(20(24)6)28-18(4)22(8-2)16-36-30(28)32(34)38/h7-16H,1-2H2,3-6H3,(H2,33,37)(H2,34,38). The molecule has 0 unspecified atom stereocenters. The zero-order valence-electron chi connectivity index (χ0n) is 22.1. The first kappa shape index (κ1) is 26.2. The molecule has 2 aromatic heterocycles. The zero-order valence-corrected chi connectivity index (χ0v) is 22.1. The highest BCUT2D eigenvalue weighted by atomic mass is 16.1. The quantitative estimate of drug-likeness (QED) is 0.313. The molecule has 2 heterocycles. The highest BCUT2D eigenvalue weighted by molar-refractivity contribution is 6.02. The molecule has 0 fully saturated rings. The first-order chi connectivity index (χ1) is 18.1. The third-order valence-electron chi connectivity index (χ3n) is 7.16. The largest absolute Gasteiger partial charge is 0.364 e. The second-order valence-electron chi connectivity index (χ2n) is 9.22. The number of carbonyl (C=O) groups excluding carboxylic acids is 2. The molecule has 4 aromatic rings. The van der Waals surface area contributed by atoms with Crippen molar-refractivity contribution < 1.29 is 9.59 Å². The second-order valence-corrected chi connectivity index (χ2v) is 9.22. The number of nitrogens with zero attached hydrogens (tertiary/aromatic N) is 2. The molecule has 190 valence electrons. The van der Waals surface area contributed by atoms with Crippen LogP contribution >= 0.6 is 0 Å². The van der Waals surface area contributed by atoms with Crippen molar-refractivity contribution in [3.05, 3.63) is 107 Å². The van der Waals surface area contributed by atoms with Crippen molar-refractivity contribution in [3.8, 4) is 33.4 Å². The fourth-order valence-corrected chi connectivity index (χ4v) is 5.08. The van der Waals surface area contributed by atoms with Crippen LogP contribution in [-0.4, -0.2) is 21.8 Å². The summed E-state index contributed by atoms with van der Waals surface area (Å²) in [7, 11) is 0. The molecule has 0 aliphatic rings.